The van der Waals surface area contributed by atoms with Gasteiger partial charge in [0, 0.05) is 47.5 Å². The minimum atomic E-state index is 0.884. The van der Waals surface area contributed by atoms with Crippen molar-refractivity contribution in [3.8, 4) is 28.2 Å². The Kier molecular flexibility index (Phi) is 5.65. The van der Waals surface area contributed by atoms with Gasteiger partial charge in [-0.3, -0.25) is 0 Å². The second kappa shape index (κ2) is 10.5. The van der Waals surface area contributed by atoms with Gasteiger partial charge in [0.15, 0.2) is 0 Å². The van der Waals surface area contributed by atoms with Gasteiger partial charge in [-0.1, -0.05) is 115 Å². The molecule has 4 heteroatoms. The maximum Gasteiger partial charge on any atom is 0.0979 e. The fraction of sp³-hybridized carbons (Fsp3) is 0. The van der Waals surface area contributed by atoms with Crippen molar-refractivity contribution in [1.82, 2.24) is 14.5 Å². The van der Waals surface area contributed by atoms with Crippen LogP contribution in [0, 0.1) is 0 Å². The van der Waals surface area contributed by atoms with Gasteiger partial charge in [-0.25, -0.2) is 9.97 Å². The quantitative estimate of drug-likeness (QED) is 0.186. The molecule has 3 aromatic heterocycles. The Morgan fingerprint density at radius 3 is 1.56 bits per heavy atom. The molecular weight excluding hydrogens is 651 g/mol. The first-order valence-corrected chi connectivity index (χ1v) is 18.5. The first kappa shape index (κ1) is 28.1. The summed E-state index contributed by atoms with van der Waals surface area (Å²) in [5, 5.41) is 12.6. The summed E-state index contributed by atoms with van der Waals surface area (Å²) in [7, 11) is 0. The maximum absolute atomic E-state index is 5.38. The molecule has 0 saturated carbocycles. The smallest absolute Gasteiger partial charge is 0.0979 e. The van der Waals surface area contributed by atoms with Gasteiger partial charge in [0.2, 0.25) is 0 Å². The second-order valence-corrected chi connectivity index (χ2v) is 14.8. The molecule has 0 bridgehead atoms. The molecule has 3 nitrogen and oxygen atoms in total. The first-order valence-electron chi connectivity index (χ1n) is 17.7. The molecule has 9 aromatic carbocycles. The van der Waals surface area contributed by atoms with Gasteiger partial charge in [-0.15, -0.1) is 11.3 Å². The summed E-state index contributed by atoms with van der Waals surface area (Å²) >= 11 is 1.89. The zero-order valence-corrected chi connectivity index (χ0v) is 28.7. The van der Waals surface area contributed by atoms with Crippen LogP contribution >= 0.6 is 11.3 Å². The molecule has 0 spiro atoms. The Labute approximate surface area is 302 Å². The molecule has 0 radical (unpaired) electrons. The Balaban J connectivity index is 1.20. The van der Waals surface area contributed by atoms with E-state index >= 15 is 0 Å². The lowest BCUT2D eigenvalue weighted by atomic mass is 9.94. The Hall–Kier alpha value is -6.62. The fourth-order valence-corrected chi connectivity index (χ4v) is 9.89. The molecule has 0 amide bonds. The van der Waals surface area contributed by atoms with E-state index in [1.54, 1.807) is 0 Å². The Morgan fingerprint density at radius 1 is 0.365 bits per heavy atom. The topological polar surface area (TPSA) is 30.7 Å². The van der Waals surface area contributed by atoms with Gasteiger partial charge >= 0.3 is 0 Å². The lowest BCUT2D eigenvalue weighted by Gasteiger charge is -2.17. The molecule has 0 saturated heterocycles. The first-order chi connectivity index (χ1) is 25.8. The number of fused-ring (bicyclic) bond motifs is 3. The maximum atomic E-state index is 5.38. The molecule has 240 valence electrons. The minimum absolute atomic E-state index is 0.884. The summed E-state index contributed by atoms with van der Waals surface area (Å²) in [5.41, 5.74) is 9.30. The van der Waals surface area contributed by atoms with Crippen LogP contribution < -0.4 is 0 Å². The van der Waals surface area contributed by atoms with Gasteiger partial charge in [0.05, 0.1) is 39.1 Å². The highest BCUT2D eigenvalue weighted by atomic mass is 32.1. The van der Waals surface area contributed by atoms with E-state index in [-0.39, 0.29) is 0 Å². The number of hydrogen-bond acceptors (Lipinski definition) is 3. The predicted octanol–water partition coefficient (Wildman–Crippen LogP) is 13.3. The van der Waals surface area contributed by atoms with Crippen molar-refractivity contribution in [3.05, 3.63) is 164 Å². The predicted molar refractivity (Wildman–Crippen MR) is 221 cm³/mol. The van der Waals surface area contributed by atoms with Crippen LogP contribution in [0.3, 0.4) is 0 Å². The number of benzene rings is 9. The highest BCUT2D eigenvalue weighted by Gasteiger charge is 2.23. The molecular formula is C48H27N3S. The average molecular weight is 678 g/mol. The van der Waals surface area contributed by atoms with Crippen molar-refractivity contribution in [2.45, 2.75) is 0 Å². The lowest BCUT2D eigenvalue weighted by Crippen LogP contribution is -1.99. The van der Waals surface area contributed by atoms with Gasteiger partial charge < -0.3 is 4.57 Å². The summed E-state index contributed by atoms with van der Waals surface area (Å²) in [4.78, 5) is 10.7. The third-order valence-corrected chi connectivity index (χ3v) is 12.1. The third-order valence-electron chi connectivity index (χ3n) is 10.9. The van der Waals surface area contributed by atoms with E-state index in [0.29, 0.717) is 0 Å². The van der Waals surface area contributed by atoms with Crippen LogP contribution in [-0.2, 0) is 0 Å². The van der Waals surface area contributed by atoms with E-state index in [9.17, 15) is 0 Å². The fourth-order valence-electron chi connectivity index (χ4n) is 8.72. The van der Waals surface area contributed by atoms with Crippen LogP contribution in [0.5, 0.6) is 0 Å². The monoisotopic (exact) mass is 677 g/mol. The van der Waals surface area contributed by atoms with E-state index in [1.807, 2.05) is 23.5 Å². The van der Waals surface area contributed by atoms with Crippen molar-refractivity contribution in [1.29, 1.82) is 0 Å². The Morgan fingerprint density at radius 2 is 0.885 bits per heavy atom. The summed E-state index contributed by atoms with van der Waals surface area (Å²) in [6.45, 7) is 0. The summed E-state index contributed by atoms with van der Waals surface area (Å²) < 4.78 is 5.11. The summed E-state index contributed by atoms with van der Waals surface area (Å²) in [6.07, 6.45) is 0. The van der Waals surface area contributed by atoms with Gasteiger partial charge in [0.25, 0.3) is 0 Å². The highest BCUT2D eigenvalue weighted by Crippen LogP contribution is 2.47. The summed E-state index contributed by atoms with van der Waals surface area (Å²) in [5.74, 6) is 0. The van der Waals surface area contributed by atoms with Crippen molar-refractivity contribution in [2.24, 2.45) is 0 Å². The van der Waals surface area contributed by atoms with Crippen molar-refractivity contribution < 1.29 is 0 Å². The average Bonchev–Trinajstić information content (AvgIpc) is 3.46. The van der Waals surface area contributed by atoms with E-state index in [0.717, 1.165) is 44.6 Å². The second-order valence-electron chi connectivity index (χ2n) is 13.7. The minimum Gasteiger partial charge on any atom is -0.309 e. The van der Waals surface area contributed by atoms with Crippen LogP contribution in [0.15, 0.2) is 164 Å². The zero-order valence-electron chi connectivity index (χ0n) is 27.8. The highest BCUT2D eigenvalue weighted by molar-refractivity contribution is 7.24. The lowest BCUT2D eigenvalue weighted by molar-refractivity contribution is 1.20. The molecule has 0 N–H and O–H groups in total. The molecule has 0 fully saturated rings. The van der Waals surface area contributed by atoms with Gasteiger partial charge in [-0.2, -0.15) is 0 Å². The standard InChI is InChI=1S/C48H27N3S/c1-2-14-31-28(10-1)11-7-17-34(31)47-48(50-37-19-6-5-18-36(37)49-47)35-24-27-38(33-16-4-3-15-32(33)35)51-39-25-22-29-12-8-20-41-43(29)45(39)46-40(51)26-23-30-13-9-21-42(52-41)44(30)46/h1-27H. The number of para-hydroxylation sites is 2. The normalized spacial score (nSPS) is 12.2. The van der Waals surface area contributed by atoms with E-state index in [2.05, 4.69) is 156 Å². The van der Waals surface area contributed by atoms with Crippen LogP contribution in [0.1, 0.15) is 0 Å². The molecule has 12 rings (SSSR count). The van der Waals surface area contributed by atoms with Gasteiger partial charge in [-0.05, 0) is 75.5 Å². The van der Waals surface area contributed by atoms with Crippen LogP contribution in [-0.4, -0.2) is 14.5 Å². The zero-order chi connectivity index (χ0) is 33.9. The SMILES string of the molecule is c1ccc2c(-c3nc4ccccc4nc3-c3ccc(-n4c5ccc6cccc7sc8cccc9ccc4c(c98)c5c67)c4ccccc34)cccc2c1. The molecule has 0 aliphatic heterocycles. The molecule has 52 heavy (non-hydrogen) atoms. The molecule has 0 aliphatic rings. The Bertz CT molecular complexity index is 3320. The van der Waals surface area contributed by atoms with Crippen LogP contribution in [0.25, 0.3) is 114 Å². The molecule has 0 aliphatic carbocycles. The van der Waals surface area contributed by atoms with E-state index in [1.165, 1.54) is 68.9 Å². The molecule has 3 heterocycles. The number of rotatable bonds is 3. The third kappa shape index (κ3) is 3.79. The number of aromatic nitrogens is 3. The van der Waals surface area contributed by atoms with Gasteiger partial charge in [0.1, 0.15) is 0 Å². The number of nitrogens with zero attached hydrogens (tertiary/aromatic N) is 3. The van der Waals surface area contributed by atoms with E-state index < -0.39 is 0 Å². The van der Waals surface area contributed by atoms with Crippen molar-refractivity contribution in [2.75, 3.05) is 0 Å². The number of hydrogen-bond donors (Lipinski definition) is 0. The summed E-state index contributed by atoms with van der Waals surface area (Å²) in [6, 6.07) is 59.3. The van der Waals surface area contributed by atoms with Crippen LogP contribution in [0.4, 0.5) is 0 Å². The molecule has 12 aromatic rings. The van der Waals surface area contributed by atoms with E-state index in [4.69, 9.17) is 9.97 Å². The molecule has 0 atom stereocenters. The van der Waals surface area contributed by atoms with Crippen molar-refractivity contribution >= 4 is 96.7 Å². The van der Waals surface area contributed by atoms with Crippen molar-refractivity contribution in [3.63, 3.8) is 0 Å². The van der Waals surface area contributed by atoms with Crippen LogP contribution in [0.2, 0.25) is 0 Å². The largest absolute Gasteiger partial charge is 0.309 e. The molecule has 0 unspecified atom stereocenters.